The summed E-state index contributed by atoms with van der Waals surface area (Å²) in [6.45, 7) is 0. The molecule has 0 aliphatic carbocycles. The normalized spacial score (nSPS) is 12.7. The van der Waals surface area contributed by atoms with Gasteiger partial charge in [-0.3, -0.25) is 14.1 Å². The maximum atomic E-state index is 11.2. The fraction of sp³-hybridized carbons (Fsp3) is 0. The van der Waals surface area contributed by atoms with Crippen LogP contribution < -0.4 is 5.73 Å². The Morgan fingerprint density at radius 1 is 1.05 bits per heavy atom. The van der Waals surface area contributed by atoms with Gasteiger partial charge in [-0.05, 0) is 18.2 Å². The Bertz CT molecular complexity index is 873. The van der Waals surface area contributed by atoms with E-state index in [9.17, 15) is 16.8 Å². The number of hydrogen-bond donors (Lipinski definition) is 3. The quantitative estimate of drug-likeness (QED) is 0.530. The first-order valence-corrected chi connectivity index (χ1v) is 7.62. The van der Waals surface area contributed by atoms with E-state index in [1.807, 2.05) is 0 Å². The van der Waals surface area contributed by atoms with E-state index >= 15 is 0 Å². The van der Waals surface area contributed by atoms with Crippen LogP contribution in [0.25, 0.3) is 10.9 Å². The summed E-state index contributed by atoms with van der Waals surface area (Å²) in [5.74, 6) is 0. The molecule has 19 heavy (non-hydrogen) atoms. The van der Waals surface area contributed by atoms with Gasteiger partial charge >= 0.3 is 0 Å². The molecule has 1 heterocycles. The summed E-state index contributed by atoms with van der Waals surface area (Å²) < 4.78 is 62.9. The van der Waals surface area contributed by atoms with Crippen molar-refractivity contribution < 1.29 is 25.9 Å². The van der Waals surface area contributed by atoms with Crippen molar-refractivity contribution in [1.29, 1.82) is 0 Å². The lowest BCUT2D eigenvalue weighted by molar-refractivity contribution is 0.482. The average Bonchev–Trinajstić information content (AvgIpc) is 2.26. The second-order valence-electron chi connectivity index (χ2n) is 3.64. The zero-order chi connectivity index (χ0) is 14.4. The molecule has 1 aromatic carbocycles. The topological polar surface area (TPSA) is 148 Å². The molecule has 0 saturated heterocycles. The summed E-state index contributed by atoms with van der Waals surface area (Å²) in [5, 5.41) is -0.00903. The Morgan fingerprint density at radius 3 is 2.16 bits per heavy atom. The molecule has 2 aromatic rings. The number of benzene rings is 1. The number of fused-ring (bicyclic) bond motifs is 1. The van der Waals surface area contributed by atoms with Crippen molar-refractivity contribution in [3.05, 3.63) is 24.4 Å². The molecule has 0 aliphatic rings. The Morgan fingerprint density at radius 2 is 1.63 bits per heavy atom. The van der Waals surface area contributed by atoms with Crippen LogP contribution in [-0.4, -0.2) is 30.9 Å². The minimum Gasteiger partial charge on any atom is -0.397 e. The number of rotatable bonds is 2. The molecule has 0 fully saturated rings. The van der Waals surface area contributed by atoms with Crippen LogP contribution in [0.15, 0.2) is 34.2 Å². The van der Waals surface area contributed by atoms with Crippen LogP contribution in [0.1, 0.15) is 0 Å². The van der Waals surface area contributed by atoms with Crippen LogP contribution in [0.2, 0.25) is 0 Å². The monoisotopic (exact) mass is 304 g/mol. The number of hydrogen-bond acceptors (Lipinski definition) is 6. The highest BCUT2D eigenvalue weighted by Gasteiger charge is 2.24. The summed E-state index contributed by atoms with van der Waals surface area (Å²) in [7, 11) is -9.46. The van der Waals surface area contributed by atoms with Gasteiger partial charge < -0.3 is 5.73 Å². The number of pyridine rings is 1. The van der Waals surface area contributed by atoms with E-state index in [0.717, 1.165) is 0 Å². The number of aromatic nitrogens is 1. The molecule has 0 amide bonds. The Hall–Kier alpha value is -1.75. The van der Waals surface area contributed by atoms with Gasteiger partial charge in [0.2, 0.25) is 0 Å². The number of anilines is 1. The molecule has 0 bridgehead atoms. The van der Waals surface area contributed by atoms with Crippen molar-refractivity contribution in [2.24, 2.45) is 0 Å². The third kappa shape index (κ3) is 2.38. The fourth-order valence-electron chi connectivity index (χ4n) is 1.63. The predicted octanol–water partition coefficient (Wildman–Crippen LogP) is 0.310. The van der Waals surface area contributed by atoms with Crippen LogP contribution in [0.5, 0.6) is 0 Å². The Balaban J connectivity index is 3.10. The van der Waals surface area contributed by atoms with Crippen LogP contribution in [-0.2, 0) is 20.2 Å². The van der Waals surface area contributed by atoms with E-state index in [-0.39, 0.29) is 16.6 Å². The summed E-state index contributed by atoms with van der Waals surface area (Å²) in [4.78, 5) is 2.19. The molecular weight excluding hydrogens is 296 g/mol. The van der Waals surface area contributed by atoms with Gasteiger partial charge in [0.25, 0.3) is 20.2 Å². The summed E-state index contributed by atoms with van der Waals surface area (Å²) in [6.07, 6.45) is 1.25. The van der Waals surface area contributed by atoms with E-state index in [2.05, 4.69) is 4.98 Å². The van der Waals surface area contributed by atoms with E-state index in [4.69, 9.17) is 14.8 Å². The fourth-order valence-corrected chi connectivity index (χ4v) is 3.03. The standard InChI is InChI=1S/C9H8N2O6S2/c10-8-5-2-1-3-11-9(5)7(19(15,16)17)4-6(8)18(12,13)14/h1-4H,10H2,(H,12,13,14)(H,15,16,17). The Kier molecular flexibility index (Phi) is 2.97. The minimum atomic E-state index is -4.74. The molecule has 4 N–H and O–H groups in total. The van der Waals surface area contributed by atoms with Crippen LogP contribution in [0.4, 0.5) is 5.69 Å². The van der Waals surface area contributed by atoms with Gasteiger partial charge in [-0.15, -0.1) is 0 Å². The lowest BCUT2D eigenvalue weighted by atomic mass is 10.2. The highest BCUT2D eigenvalue weighted by molar-refractivity contribution is 7.87. The molecule has 0 spiro atoms. The van der Waals surface area contributed by atoms with Crippen molar-refractivity contribution >= 4 is 36.8 Å². The Labute approximate surface area is 108 Å². The zero-order valence-corrected chi connectivity index (χ0v) is 10.8. The lowest BCUT2D eigenvalue weighted by Gasteiger charge is -2.09. The largest absolute Gasteiger partial charge is 0.397 e. The van der Waals surface area contributed by atoms with Crippen LogP contribution in [0.3, 0.4) is 0 Å². The molecule has 2 rings (SSSR count). The van der Waals surface area contributed by atoms with Crippen molar-refractivity contribution in [3.8, 4) is 0 Å². The second kappa shape index (κ2) is 4.13. The maximum absolute atomic E-state index is 11.2. The van der Waals surface area contributed by atoms with E-state index in [1.54, 1.807) is 0 Å². The minimum absolute atomic E-state index is 0.00903. The third-order valence-corrected chi connectivity index (χ3v) is 4.18. The van der Waals surface area contributed by atoms with Gasteiger partial charge in [0.05, 0.1) is 11.2 Å². The van der Waals surface area contributed by atoms with Gasteiger partial charge in [-0.2, -0.15) is 16.8 Å². The number of nitrogens with zero attached hydrogens (tertiary/aromatic N) is 1. The summed E-state index contributed by atoms with van der Waals surface area (Å²) in [6, 6.07) is 3.29. The zero-order valence-electron chi connectivity index (χ0n) is 9.18. The second-order valence-corrected chi connectivity index (χ2v) is 6.42. The predicted molar refractivity (Wildman–Crippen MR) is 65.8 cm³/mol. The van der Waals surface area contributed by atoms with Crippen molar-refractivity contribution in [1.82, 2.24) is 4.98 Å². The molecule has 0 aliphatic heterocycles. The smallest absolute Gasteiger partial charge is 0.296 e. The van der Waals surface area contributed by atoms with Gasteiger partial charge in [0.15, 0.2) is 0 Å². The van der Waals surface area contributed by atoms with Gasteiger partial charge in [0, 0.05) is 11.6 Å². The molecule has 0 atom stereocenters. The first kappa shape index (κ1) is 13.7. The van der Waals surface area contributed by atoms with Gasteiger partial charge in [0.1, 0.15) is 9.79 Å². The molecule has 102 valence electrons. The highest BCUT2D eigenvalue weighted by Crippen LogP contribution is 2.32. The molecule has 0 saturated carbocycles. The highest BCUT2D eigenvalue weighted by atomic mass is 32.2. The molecule has 1 aromatic heterocycles. The molecule has 0 unspecified atom stereocenters. The summed E-state index contributed by atoms with van der Waals surface area (Å²) >= 11 is 0. The van der Waals surface area contributed by atoms with Crippen LogP contribution in [0, 0.1) is 0 Å². The lowest BCUT2D eigenvalue weighted by Crippen LogP contribution is -2.08. The first-order valence-electron chi connectivity index (χ1n) is 4.74. The van der Waals surface area contributed by atoms with E-state index in [0.29, 0.717) is 6.07 Å². The molecule has 10 heteroatoms. The number of nitrogens with two attached hydrogens (primary N) is 1. The van der Waals surface area contributed by atoms with Crippen LogP contribution >= 0.6 is 0 Å². The average molecular weight is 304 g/mol. The van der Waals surface area contributed by atoms with Crippen molar-refractivity contribution in [2.45, 2.75) is 9.79 Å². The van der Waals surface area contributed by atoms with E-state index < -0.39 is 30.0 Å². The molecule has 0 radical (unpaired) electrons. The van der Waals surface area contributed by atoms with Gasteiger partial charge in [-0.25, -0.2) is 0 Å². The third-order valence-electron chi connectivity index (χ3n) is 2.41. The van der Waals surface area contributed by atoms with Gasteiger partial charge in [-0.1, -0.05) is 0 Å². The van der Waals surface area contributed by atoms with Crippen molar-refractivity contribution in [3.63, 3.8) is 0 Å². The first-order chi connectivity index (χ1) is 8.62. The molecular formula is C9H8N2O6S2. The van der Waals surface area contributed by atoms with Crippen molar-refractivity contribution in [2.75, 3.05) is 5.73 Å². The maximum Gasteiger partial charge on any atom is 0.296 e. The molecule has 8 nitrogen and oxygen atoms in total. The number of nitrogen functional groups attached to an aromatic ring is 1. The summed E-state index contributed by atoms with van der Waals surface area (Å²) in [5.41, 5.74) is 5.03. The van der Waals surface area contributed by atoms with E-state index in [1.165, 1.54) is 18.3 Å². The SMILES string of the molecule is Nc1c(S(=O)(=O)O)cc(S(=O)(=O)O)c2ncccc12.